The van der Waals surface area contributed by atoms with Gasteiger partial charge in [-0.15, -0.1) is 0 Å². The number of rotatable bonds is 5. The van der Waals surface area contributed by atoms with Crippen molar-refractivity contribution in [3.05, 3.63) is 0 Å². The molecular formula is C7H10F3NO3. The van der Waals surface area contributed by atoms with Crippen molar-refractivity contribution in [2.24, 2.45) is 0 Å². The third-order valence-corrected chi connectivity index (χ3v) is 1.50. The smallest absolute Gasteiger partial charge is 0.377 e. The van der Waals surface area contributed by atoms with Gasteiger partial charge in [0.1, 0.15) is 6.10 Å². The lowest BCUT2D eigenvalue weighted by molar-refractivity contribution is -0.173. The van der Waals surface area contributed by atoms with Crippen molar-refractivity contribution in [2.75, 3.05) is 26.4 Å². The van der Waals surface area contributed by atoms with E-state index in [1.165, 1.54) is 0 Å². The van der Waals surface area contributed by atoms with Gasteiger partial charge in [-0.25, -0.2) is 0 Å². The summed E-state index contributed by atoms with van der Waals surface area (Å²) < 4.78 is 44.6. The van der Waals surface area contributed by atoms with Gasteiger partial charge in [-0.2, -0.15) is 13.2 Å². The van der Waals surface area contributed by atoms with Crippen LogP contribution in [0.25, 0.3) is 0 Å². The molecule has 1 rings (SSSR count). The minimum atomic E-state index is -4.82. The maximum atomic E-state index is 11.6. The van der Waals surface area contributed by atoms with Crippen molar-refractivity contribution < 1.29 is 27.4 Å². The summed E-state index contributed by atoms with van der Waals surface area (Å²) in [6, 6.07) is 0. The zero-order chi connectivity index (χ0) is 10.6. The fourth-order valence-electron chi connectivity index (χ4n) is 0.716. The lowest BCUT2D eigenvalue weighted by Crippen LogP contribution is -2.38. The third kappa shape index (κ3) is 4.43. The van der Waals surface area contributed by atoms with E-state index in [0.29, 0.717) is 13.2 Å². The summed E-state index contributed by atoms with van der Waals surface area (Å²) in [6.45, 7) is 0.906. The number of epoxide rings is 1. The Kier molecular flexibility index (Phi) is 3.70. The zero-order valence-electron chi connectivity index (χ0n) is 7.26. The largest absolute Gasteiger partial charge is 0.471 e. The topological polar surface area (TPSA) is 50.9 Å². The molecule has 0 aromatic rings. The Balaban J connectivity index is 1.94. The van der Waals surface area contributed by atoms with E-state index in [9.17, 15) is 18.0 Å². The van der Waals surface area contributed by atoms with Gasteiger partial charge in [-0.1, -0.05) is 0 Å². The van der Waals surface area contributed by atoms with Crippen LogP contribution in [0.15, 0.2) is 0 Å². The van der Waals surface area contributed by atoms with Crippen molar-refractivity contribution in [1.82, 2.24) is 5.32 Å². The summed E-state index contributed by atoms with van der Waals surface area (Å²) >= 11 is 0. The summed E-state index contributed by atoms with van der Waals surface area (Å²) in [5.74, 6) is -1.94. The van der Waals surface area contributed by atoms with Crippen LogP contribution in [0.2, 0.25) is 0 Å². The highest BCUT2D eigenvalue weighted by Gasteiger charge is 2.38. The van der Waals surface area contributed by atoms with E-state index in [4.69, 9.17) is 9.47 Å². The Morgan fingerprint density at radius 3 is 2.71 bits per heavy atom. The molecule has 0 spiro atoms. The minimum absolute atomic E-state index is 0.0572. The molecule has 0 radical (unpaired) electrons. The van der Waals surface area contributed by atoms with E-state index in [1.807, 2.05) is 0 Å². The van der Waals surface area contributed by atoms with Gasteiger partial charge in [-0.3, -0.25) is 4.79 Å². The molecule has 14 heavy (non-hydrogen) atoms. The molecule has 0 bridgehead atoms. The third-order valence-electron chi connectivity index (χ3n) is 1.50. The molecule has 0 aromatic carbocycles. The van der Waals surface area contributed by atoms with Gasteiger partial charge in [0.25, 0.3) is 0 Å². The standard InChI is InChI=1S/C7H10F3NO3/c8-7(9,10)6(12)11-1-2-13-3-5-4-14-5/h5H,1-4H2,(H,11,12). The molecule has 1 aliphatic heterocycles. The summed E-state index contributed by atoms with van der Waals surface area (Å²) in [6.07, 6.45) is -4.74. The monoisotopic (exact) mass is 213 g/mol. The molecular weight excluding hydrogens is 203 g/mol. The van der Waals surface area contributed by atoms with Crippen LogP contribution in [0.4, 0.5) is 13.2 Å². The van der Waals surface area contributed by atoms with Crippen molar-refractivity contribution >= 4 is 5.91 Å². The fraction of sp³-hybridized carbons (Fsp3) is 0.857. The summed E-state index contributed by atoms with van der Waals surface area (Å²) in [7, 11) is 0. The summed E-state index contributed by atoms with van der Waals surface area (Å²) in [5, 5.41) is 1.69. The van der Waals surface area contributed by atoms with Gasteiger partial charge >= 0.3 is 12.1 Å². The highest BCUT2D eigenvalue weighted by molar-refractivity contribution is 5.81. The maximum absolute atomic E-state index is 11.6. The Morgan fingerprint density at radius 1 is 1.57 bits per heavy atom. The Bertz CT molecular complexity index is 203. The number of carbonyl (C=O) groups is 1. The Hall–Kier alpha value is -0.820. The Morgan fingerprint density at radius 2 is 2.21 bits per heavy atom. The van der Waals surface area contributed by atoms with Crippen LogP contribution in [0.3, 0.4) is 0 Å². The minimum Gasteiger partial charge on any atom is -0.377 e. The molecule has 0 aromatic heterocycles. The molecule has 0 aliphatic carbocycles. The quantitative estimate of drug-likeness (QED) is 0.519. The van der Waals surface area contributed by atoms with Crippen molar-refractivity contribution in [3.8, 4) is 0 Å². The maximum Gasteiger partial charge on any atom is 0.471 e. The van der Waals surface area contributed by atoms with E-state index in [2.05, 4.69) is 0 Å². The molecule has 7 heteroatoms. The normalized spacial score (nSPS) is 20.6. The van der Waals surface area contributed by atoms with Gasteiger partial charge < -0.3 is 14.8 Å². The average molecular weight is 213 g/mol. The second-order valence-electron chi connectivity index (χ2n) is 2.78. The first-order valence-electron chi connectivity index (χ1n) is 4.04. The highest BCUT2D eigenvalue weighted by atomic mass is 19.4. The predicted molar refractivity (Wildman–Crippen MR) is 39.6 cm³/mol. The molecule has 1 amide bonds. The van der Waals surface area contributed by atoms with E-state index < -0.39 is 12.1 Å². The van der Waals surface area contributed by atoms with Crippen LogP contribution < -0.4 is 5.32 Å². The predicted octanol–water partition coefficient (Wildman–Crippen LogP) is 0.0803. The van der Waals surface area contributed by atoms with Gasteiger partial charge in [0.15, 0.2) is 0 Å². The first-order chi connectivity index (χ1) is 6.50. The summed E-state index contributed by atoms with van der Waals surface area (Å²) in [5.41, 5.74) is 0. The molecule has 1 fully saturated rings. The van der Waals surface area contributed by atoms with Crippen LogP contribution in [-0.4, -0.2) is 44.6 Å². The molecule has 1 heterocycles. The second-order valence-corrected chi connectivity index (χ2v) is 2.78. The molecule has 1 aliphatic rings. The van der Waals surface area contributed by atoms with Gasteiger partial charge in [-0.05, 0) is 0 Å². The number of carbonyl (C=O) groups excluding carboxylic acids is 1. The molecule has 4 nitrogen and oxygen atoms in total. The van der Waals surface area contributed by atoms with Gasteiger partial charge in [0.2, 0.25) is 0 Å². The van der Waals surface area contributed by atoms with E-state index in [-0.39, 0.29) is 19.3 Å². The SMILES string of the molecule is O=C(NCCOCC1CO1)C(F)(F)F. The molecule has 1 atom stereocenters. The van der Waals surface area contributed by atoms with Crippen molar-refractivity contribution in [1.29, 1.82) is 0 Å². The molecule has 1 N–H and O–H groups in total. The van der Waals surface area contributed by atoms with Gasteiger partial charge in [0, 0.05) is 6.54 Å². The number of halogens is 3. The van der Waals surface area contributed by atoms with E-state index >= 15 is 0 Å². The first-order valence-corrected chi connectivity index (χ1v) is 4.04. The lowest BCUT2D eigenvalue weighted by atomic mass is 10.5. The van der Waals surface area contributed by atoms with Crippen LogP contribution in [0.1, 0.15) is 0 Å². The Labute approximate surface area is 78.4 Å². The van der Waals surface area contributed by atoms with Crippen LogP contribution in [-0.2, 0) is 14.3 Å². The van der Waals surface area contributed by atoms with Gasteiger partial charge in [0.05, 0.1) is 19.8 Å². The van der Waals surface area contributed by atoms with Crippen molar-refractivity contribution in [3.63, 3.8) is 0 Å². The summed E-state index contributed by atoms with van der Waals surface area (Å²) in [4.78, 5) is 10.3. The number of ether oxygens (including phenoxy) is 2. The molecule has 1 saturated heterocycles. The number of hydrogen-bond acceptors (Lipinski definition) is 3. The number of alkyl halides is 3. The average Bonchev–Trinajstić information content (AvgIpc) is 2.85. The number of hydrogen-bond donors (Lipinski definition) is 1. The molecule has 1 unspecified atom stereocenters. The highest BCUT2D eigenvalue weighted by Crippen LogP contribution is 2.13. The van der Waals surface area contributed by atoms with E-state index in [0.717, 1.165) is 0 Å². The van der Waals surface area contributed by atoms with Crippen molar-refractivity contribution in [2.45, 2.75) is 12.3 Å². The fourth-order valence-corrected chi connectivity index (χ4v) is 0.716. The first kappa shape index (κ1) is 11.3. The van der Waals surface area contributed by atoms with Crippen LogP contribution >= 0.6 is 0 Å². The number of amides is 1. The van der Waals surface area contributed by atoms with Crippen LogP contribution in [0, 0.1) is 0 Å². The molecule has 82 valence electrons. The number of nitrogens with one attached hydrogen (secondary N) is 1. The van der Waals surface area contributed by atoms with Crippen LogP contribution in [0.5, 0.6) is 0 Å². The lowest BCUT2D eigenvalue weighted by Gasteiger charge is -2.07. The zero-order valence-corrected chi connectivity index (χ0v) is 7.26. The molecule has 0 saturated carbocycles. The van der Waals surface area contributed by atoms with E-state index in [1.54, 1.807) is 5.32 Å². The second kappa shape index (κ2) is 4.61.